The summed E-state index contributed by atoms with van der Waals surface area (Å²) >= 11 is 0. The molecule has 8 nitrogen and oxygen atoms in total. The van der Waals surface area contributed by atoms with Gasteiger partial charge >= 0.3 is 0 Å². The van der Waals surface area contributed by atoms with Gasteiger partial charge in [0.05, 0.1) is 4.90 Å². The van der Waals surface area contributed by atoms with Crippen molar-refractivity contribution in [1.29, 1.82) is 0 Å². The molecule has 1 aliphatic heterocycles. The molecule has 0 amide bonds. The normalized spacial score (nSPS) is 15.2. The van der Waals surface area contributed by atoms with Crippen LogP contribution >= 0.6 is 0 Å². The van der Waals surface area contributed by atoms with Crippen molar-refractivity contribution in [3.63, 3.8) is 0 Å². The van der Waals surface area contributed by atoms with Crippen LogP contribution in [0.2, 0.25) is 0 Å². The Hall–Kier alpha value is -3.15. The van der Waals surface area contributed by atoms with Crippen molar-refractivity contribution >= 4 is 30.9 Å². The summed E-state index contributed by atoms with van der Waals surface area (Å²) in [6.07, 6.45) is 4.36. The molecule has 2 aromatic carbocycles. The molecule has 0 spiro atoms. The van der Waals surface area contributed by atoms with Crippen LogP contribution in [0.15, 0.2) is 64.8 Å². The summed E-state index contributed by atoms with van der Waals surface area (Å²) in [7, 11) is -8.74. The molecule has 0 bridgehead atoms. The SMILES string of the molecule is Cc1ccc(S(=O)(=O)n2c(S(=O)(=O)N3CCCC3)cc3c(-c4ncccn4)c(C)cc(F)c32)cc1. The molecule has 4 aromatic rings. The molecule has 1 fully saturated rings. The Morgan fingerprint density at radius 3 is 2.14 bits per heavy atom. The Balaban J connectivity index is 1.92. The Morgan fingerprint density at radius 1 is 0.886 bits per heavy atom. The van der Waals surface area contributed by atoms with Crippen LogP contribution in [0, 0.1) is 19.7 Å². The van der Waals surface area contributed by atoms with Crippen LogP contribution in [0.1, 0.15) is 24.0 Å². The van der Waals surface area contributed by atoms with Crippen LogP contribution in [0.5, 0.6) is 0 Å². The third-order valence-corrected chi connectivity index (χ3v) is 9.89. The molecule has 0 unspecified atom stereocenters. The van der Waals surface area contributed by atoms with Gasteiger partial charge in [-0.05, 0) is 62.6 Å². The monoisotopic (exact) mass is 514 g/mol. The lowest BCUT2D eigenvalue weighted by Gasteiger charge is -2.18. The van der Waals surface area contributed by atoms with E-state index in [1.165, 1.54) is 41.0 Å². The van der Waals surface area contributed by atoms with E-state index in [1.807, 2.05) is 0 Å². The largest absolute Gasteiger partial charge is 0.269 e. The summed E-state index contributed by atoms with van der Waals surface area (Å²) < 4.78 is 72.5. The average molecular weight is 515 g/mol. The van der Waals surface area contributed by atoms with Crippen molar-refractivity contribution in [3.05, 3.63) is 71.8 Å². The van der Waals surface area contributed by atoms with Gasteiger partial charge in [0.2, 0.25) is 0 Å². The lowest BCUT2D eigenvalue weighted by atomic mass is 10.0. The minimum Gasteiger partial charge on any atom is -0.237 e. The number of nitrogens with zero attached hydrogens (tertiary/aromatic N) is 4. The maximum Gasteiger partial charge on any atom is 0.269 e. The van der Waals surface area contributed by atoms with Crippen LogP contribution in [0.3, 0.4) is 0 Å². The van der Waals surface area contributed by atoms with Crippen LogP contribution in [0.25, 0.3) is 22.3 Å². The summed E-state index contributed by atoms with van der Waals surface area (Å²) in [5.41, 5.74) is 1.31. The van der Waals surface area contributed by atoms with Crippen LogP contribution < -0.4 is 0 Å². The highest BCUT2D eigenvalue weighted by Crippen LogP contribution is 2.38. The Bertz CT molecular complexity index is 1640. The van der Waals surface area contributed by atoms with Gasteiger partial charge < -0.3 is 0 Å². The van der Waals surface area contributed by atoms with Gasteiger partial charge in [0, 0.05) is 36.4 Å². The number of hydrogen-bond donors (Lipinski definition) is 0. The summed E-state index contributed by atoms with van der Waals surface area (Å²) in [6.45, 7) is 3.99. The summed E-state index contributed by atoms with van der Waals surface area (Å²) in [5, 5.41) is -0.390. The van der Waals surface area contributed by atoms with Gasteiger partial charge in [-0.3, -0.25) is 0 Å². The molecule has 2 aromatic heterocycles. The first-order chi connectivity index (χ1) is 16.6. The zero-order valence-corrected chi connectivity index (χ0v) is 20.8. The number of hydrogen-bond acceptors (Lipinski definition) is 6. The van der Waals surface area contributed by atoms with E-state index in [1.54, 1.807) is 32.0 Å². The quantitative estimate of drug-likeness (QED) is 0.401. The number of fused-ring (bicyclic) bond motifs is 1. The van der Waals surface area contributed by atoms with Gasteiger partial charge in [0.15, 0.2) is 10.9 Å². The lowest BCUT2D eigenvalue weighted by Crippen LogP contribution is -2.31. The smallest absolute Gasteiger partial charge is 0.237 e. The van der Waals surface area contributed by atoms with E-state index in [2.05, 4.69) is 9.97 Å². The van der Waals surface area contributed by atoms with Crippen molar-refractivity contribution in [2.45, 2.75) is 36.6 Å². The van der Waals surface area contributed by atoms with Crippen LogP contribution in [-0.2, 0) is 20.0 Å². The Kier molecular flexibility index (Phi) is 5.73. The van der Waals surface area contributed by atoms with Gasteiger partial charge in [-0.2, -0.15) is 4.31 Å². The van der Waals surface area contributed by atoms with Gasteiger partial charge in [-0.25, -0.2) is 35.2 Å². The van der Waals surface area contributed by atoms with Gasteiger partial charge in [0.25, 0.3) is 20.0 Å². The third-order valence-electron chi connectivity index (χ3n) is 6.18. The Labute approximate surface area is 203 Å². The zero-order chi connectivity index (χ0) is 25.0. The number of aryl methyl sites for hydroxylation is 2. The molecule has 3 heterocycles. The van der Waals surface area contributed by atoms with E-state index in [9.17, 15) is 16.8 Å². The highest BCUT2D eigenvalue weighted by molar-refractivity contribution is 7.92. The second kappa shape index (κ2) is 8.51. The maximum absolute atomic E-state index is 15.6. The fourth-order valence-corrected chi connectivity index (χ4v) is 8.00. The number of rotatable bonds is 5. The highest BCUT2D eigenvalue weighted by atomic mass is 32.2. The third kappa shape index (κ3) is 3.83. The standard InChI is InChI=1S/C24H23FN4O4S2/c1-16-6-8-18(9-7-16)34(30,31)29-21(35(32,33)28-12-3-4-13-28)15-19-22(24-26-10-5-11-27-24)17(2)14-20(25)23(19)29/h5-11,14-15H,3-4,12-13H2,1-2H3. The number of aromatic nitrogens is 3. The van der Waals surface area contributed by atoms with Crippen molar-refractivity contribution in [2.24, 2.45) is 0 Å². The maximum atomic E-state index is 15.6. The molecule has 182 valence electrons. The predicted octanol–water partition coefficient (Wildman–Crippen LogP) is 3.88. The van der Waals surface area contributed by atoms with E-state index in [0.717, 1.165) is 5.56 Å². The van der Waals surface area contributed by atoms with E-state index in [-0.39, 0.29) is 34.7 Å². The number of halogens is 1. The minimum absolute atomic E-state index is 0.113. The fourth-order valence-electron chi connectivity index (χ4n) is 4.45. The molecular weight excluding hydrogens is 491 g/mol. The molecule has 0 atom stereocenters. The first-order valence-electron chi connectivity index (χ1n) is 11.1. The molecule has 0 saturated carbocycles. The number of benzene rings is 2. The molecule has 1 aliphatic rings. The first-order valence-corrected chi connectivity index (χ1v) is 13.9. The van der Waals surface area contributed by atoms with Crippen molar-refractivity contribution in [3.8, 4) is 11.4 Å². The van der Waals surface area contributed by atoms with Gasteiger partial charge in [-0.15, -0.1) is 0 Å². The summed E-state index contributed by atoms with van der Waals surface area (Å²) in [4.78, 5) is 8.35. The Morgan fingerprint density at radius 2 is 1.51 bits per heavy atom. The van der Waals surface area contributed by atoms with E-state index < -0.39 is 30.9 Å². The molecule has 0 aliphatic carbocycles. The molecular formula is C24H23FN4O4S2. The van der Waals surface area contributed by atoms with Crippen molar-refractivity contribution < 1.29 is 21.2 Å². The molecule has 1 saturated heterocycles. The average Bonchev–Trinajstić information content (AvgIpc) is 3.50. The second-order valence-electron chi connectivity index (χ2n) is 8.56. The molecule has 5 rings (SSSR count). The molecule has 0 radical (unpaired) electrons. The van der Waals surface area contributed by atoms with E-state index in [4.69, 9.17) is 0 Å². The summed E-state index contributed by atoms with van der Waals surface area (Å²) in [5.74, 6) is -0.610. The lowest BCUT2D eigenvalue weighted by molar-refractivity contribution is 0.472. The first kappa shape index (κ1) is 23.6. The van der Waals surface area contributed by atoms with Gasteiger partial charge in [0.1, 0.15) is 11.3 Å². The van der Waals surface area contributed by atoms with Crippen LogP contribution in [0.4, 0.5) is 4.39 Å². The summed E-state index contributed by atoms with van der Waals surface area (Å²) in [6, 6.07) is 10.0. The van der Waals surface area contributed by atoms with Crippen molar-refractivity contribution in [2.75, 3.05) is 13.1 Å². The molecule has 11 heteroatoms. The van der Waals surface area contributed by atoms with Crippen molar-refractivity contribution in [1.82, 2.24) is 18.2 Å². The predicted molar refractivity (Wildman–Crippen MR) is 129 cm³/mol. The van der Waals surface area contributed by atoms with E-state index in [0.29, 0.717) is 27.9 Å². The molecule has 0 N–H and O–H groups in total. The van der Waals surface area contributed by atoms with Gasteiger partial charge in [-0.1, -0.05) is 17.7 Å². The second-order valence-corrected chi connectivity index (χ2v) is 12.2. The fraction of sp³-hybridized carbons (Fsp3) is 0.250. The number of sulfonamides is 1. The zero-order valence-electron chi connectivity index (χ0n) is 19.1. The minimum atomic E-state index is -4.49. The van der Waals surface area contributed by atoms with Crippen LogP contribution in [-0.4, -0.2) is 48.2 Å². The molecule has 35 heavy (non-hydrogen) atoms. The topological polar surface area (TPSA) is 102 Å². The highest BCUT2D eigenvalue weighted by Gasteiger charge is 2.37. The van der Waals surface area contributed by atoms with E-state index >= 15 is 4.39 Å².